The number of nitrogens with zero attached hydrogens (tertiary/aromatic N) is 3. The zero-order valence-electron chi connectivity index (χ0n) is 10.6. The number of nitriles is 1. The van der Waals surface area contributed by atoms with E-state index in [0.29, 0.717) is 5.56 Å². The smallest absolute Gasteiger partial charge is 0.338 e. The fourth-order valence-electron chi connectivity index (χ4n) is 1.78. The van der Waals surface area contributed by atoms with Crippen molar-refractivity contribution in [3.05, 3.63) is 35.4 Å². The fraction of sp³-hybridized carbons (Fsp3) is 0.0769. The molecule has 7 nitrogen and oxygen atoms in total. The maximum Gasteiger partial charge on any atom is 0.338 e. The van der Waals surface area contributed by atoms with E-state index in [0.717, 1.165) is 0 Å². The summed E-state index contributed by atoms with van der Waals surface area (Å²) in [5.74, 6) is -0.647. The second-order valence-electron chi connectivity index (χ2n) is 3.84. The van der Waals surface area contributed by atoms with E-state index in [1.807, 2.05) is 6.07 Å². The van der Waals surface area contributed by atoms with Gasteiger partial charge >= 0.3 is 5.97 Å². The van der Waals surface area contributed by atoms with Crippen molar-refractivity contribution in [3.63, 3.8) is 0 Å². The first kappa shape index (κ1) is 13.3. The Morgan fingerprint density at radius 2 is 2.00 bits per heavy atom. The second-order valence-corrected chi connectivity index (χ2v) is 3.84. The topological polar surface area (TPSA) is 128 Å². The molecule has 0 amide bonds. The van der Waals surface area contributed by atoms with Crippen LogP contribution in [0.2, 0.25) is 0 Å². The maximum absolute atomic E-state index is 11.8. The van der Waals surface area contributed by atoms with Gasteiger partial charge in [0.25, 0.3) is 0 Å². The summed E-state index contributed by atoms with van der Waals surface area (Å²) in [5.41, 5.74) is 12.2. The lowest BCUT2D eigenvalue weighted by molar-refractivity contribution is 0.0601. The normalized spacial score (nSPS) is 9.80. The Bertz CT molecular complexity index is 721. The van der Waals surface area contributed by atoms with Gasteiger partial charge < -0.3 is 16.2 Å². The van der Waals surface area contributed by atoms with Crippen molar-refractivity contribution in [1.82, 2.24) is 9.97 Å². The Balaban J connectivity index is 2.76. The predicted octanol–water partition coefficient (Wildman–Crippen LogP) is 0.966. The summed E-state index contributed by atoms with van der Waals surface area (Å²) in [4.78, 5) is 19.5. The van der Waals surface area contributed by atoms with Gasteiger partial charge in [0.1, 0.15) is 17.5 Å². The van der Waals surface area contributed by atoms with Gasteiger partial charge in [-0.15, -0.1) is 0 Å². The number of carbonyl (C=O) groups is 1. The second kappa shape index (κ2) is 5.24. The van der Waals surface area contributed by atoms with E-state index < -0.39 is 5.97 Å². The van der Waals surface area contributed by atoms with Crippen molar-refractivity contribution >= 4 is 17.7 Å². The zero-order valence-corrected chi connectivity index (χ0v) is 10.6. The lowest BCUT2D eigenvalue weighted by atomic mass is 10.0. The molecule has 0 aliphatic rings. The molecule has 2 rings (SSSR count). The van der Waals surface area contributed by atoms with Crippen LogP contribution in [-0.4, -0.2) is 23.0 Å². The highest BCUT2D eigenvalue weighted by molar-refractivity contribution is 5.97. The van der Waals surface area contributed by atoms with Crippen LogP contribution in [0.3, 0.4) is 0 Å². The molecule has 0 radical (unpaired) electrons. The number of carbonyl (C=O) groups excluding carboxylic acids is 1. The van der Waals surface area contributed by atoms with Gasteiger partial charge in [-0.05, 0) is 6.07 Å². The standard InChI is InChI=1S/C13H11N5O2/c1-20-12(19)8-5-3-2-4-7(8)10-9(6-14)11(15)18-13(16)17-10/h2-5H,1H3,(H4,15,16,17,18). The quantitative estimate of drug-likeness (QED) is 0.777. The molecule has 0 fully saturated rings. The number of nitrogen functional groups attached to an aromatic ring is 2. The molecular formula is C13H11N5O2. The number of methoxy groups -OCH3 is 1. The summed E-state index contributed by atoms with van der Waals surface area (Å²) >= 11 is 0. The molecule has 20 heavy (non-hydrogen) atoms. The molecular weight excluding hydrogens is 258 g/mol. The summed E-state index contributed by atoms with van der Waals surface area (Å²) in [5, 5.41) is 9.17. The molecule has 0 unspecified atom stereocenters. The summed E-state index contributed by atoms with van der Waals surface area (Å²) in [6.45, 7) is 0. The van der Waals surface area contributed by atoms with Crippen LogP contribution in [0.5, 0.6) is 0 Å². The molecule has 0 saturated heterocycles. The molecule has 2 aromatic rings. The van der Waals surface area contributed by atoms with Crippen molar-refractivity contribution in [2.24, 2.45) is 0 Å². The Labute approximate surface area is 114 Å². The summed E-state index contributed by atoms with van der Waals surface area (Å²) < 4.78 is 4.70. The first-order valence-corrected chi connectivity index (χ1v) is 5.59. The van der Waals surface area contributed by atoms with Crippen LogP contribution in [0, 0.1) is 11.3 Å². The van der Waals surface area contributed by atoms with Crippen molar-refractivity contribution in [2.45, 2.75) is 0 Å². The third-order valence-electron chi connectivity index (χ3n) is 2.65. The lowest BCUT2D eigenvalue weighted by Crippen LogP contribution is -2.08. The van der Waals surface area contributed by atoms with Gasteiger partial charge in [0.15, 0.2) is 0 Å². The number of ether oxygens (including phenoxy) is 1. The third kappa shape index (κ3) is 2.22. The molecule has 100 valence electrons. The van der Waals surface area contributed by atoms with E-state index in [9.17, 15) is 10.1 Å². The number of nitrogens with two attached hydrogens (primary N) is 2. The van der Waals surface area contributed by atoms with Gasteiger partial charge in [-0.1, -0.05) is 18.2 Å². The van der Waals surface area contributed by atoms with Crippen LogP contribution in [-0.2, 0) is 4.74 Å². The number of aromatic nitrogens is 2. The fourth-order valence-corrected chi connectivity index (χ4v) is 1.78. The summed E-state index contributed by atoms with van der Waals surface area (Å²) in [7, 11) is 1.27. The van der Waals surface area contributed by atoms with E-state index in [1.165, 1.54) is 7.11 Å². The van der Waals surface area contributed by atoms with Crippen LogP contribution >= 0.6 is 0 Å². The average Bonchev–Trinajstić information content (AvgIpc) is 2.45. The molecule has 1 aromatic heterocycles. The number of hydrogen-bond donors (Lipinski definition) is 2. The van der Waals surface area contributed by atoms with E-state index in [4.69, 9.17) is 16.2 Å². The molecule has 4 N–H and O–H groups in total. The van der Waals surface area contributed by atoms with Gasteiger partial charge in [0.2, 0.25) is 5.95 Å². The predicted molar refractivity (Wildman–Crippen MR) is 72.3 cm³/mol. The van der Waals surface area contributed by atoms with E-state index in [1.54, 1.807) is 24.3 Å². The van der Waals surface area contributed by atoms with Crippen molar-refractivity contribution in [1.29, 1.82) is 5.26 Å². The number of hydrogen-bond acceptors (Lipinski definition) is 7. The highest BCUT2D eigenvalue weighted by Gasteiger charge is 2.19. The minimum absolute atomic E-state index is 0.0327. The Kier molecular flexibility index (Phi) is 3.48. The molecule has 0 saturated carbocycles. The van der Waals surface area contributed by atoms with Gasteiger partial charge in [-0.25, -0.2) is 9.78 Å². The minimum Gasteiger partial charge on any atom is -0.465 e. The highest BCUT2D eigenvalue weighted by atomic mass is 16.5. The summed E-state index contributed by atoms with van der Waals surface area (Å²) in [6, 6.07) is 8.50. The third-order valence-corrected chi connectivity index (χ3v) is 2.65. The largest absolute Gasteiger partial charge is 0.465 e. The molecule has 0 atom stereocenters. The van der Waals surface area contributed by atoms with E-state index in [-0.39, 0.29) is 28.6 Å². The molecule has 0 aliphatic heterocycles. The molecule has 0 aliphatic carbocycles. The number of anilines is 2. The SMILES string of the molecule is COC(=O)c1ccccc1-c1nc(N)nc(N)c1C#N. The molecule has 1 aromatic carbocycles. The van der Waals surface area contributed by atoms with Crippen LogP contribution in [0.25, 0.3) is 11.3 Å². The lowest BCUT2D eigenvalue weighted by Gasteiger charge is -2.10. The monoisotopic (exact) mass is 269 g/mol. The van der Waals surface area contributed by atoms with Crippen molar-refractivity contribution < 1.29 is 9.53 Å². The van der Waals surface area contributed by atoms with Crippen LogP contribution in [0.15, 0.2) is 24.3 Å². The minimum atomic E-state index is -0.541. The zero-order chi connectivity index (χ0) is 14.7. The van der Waals surface area contributed by atoms with Crippen molar-refractivity contribution in [2.75, 3.05) is 18.6 Å². The van der Waals surface area contributed by atoms with Gasteiger partial charge in [0, 0.05) is 5.56 Å². The highest BCUT2D eigenvalue weighted by Crippen LogP contribution is 2.28. The maximum atomic E-state index is 11.8. The Hall–Kier alpha value is -3.14. The molecule has 7 heteroatoms. The van der Waals surface area contributed by atoms with E-state index >= 15 is 0 Å². The van der Waals surface area contributed by atoms with Crippen LogP contribution in [0.1, 0.15) is 15.9 Å². The molecule has 0 bridgehead atoms. The molecule has 1 heterocycles. The Morgan fingerprint density at radius 3 is 2.65 bits per heavy atom. The Morgan fingerprint density at radius 1 is 1.30 bits per heavy atom. The van der Waals surface area contributed by atoms with Gasteiger partial charge in [-0.3, -0.25) is 0 Å². The average molecular weight is 269 g/mol. The molecule has 0 spiro atoms. The van der Waals surface area contributed by atoms with Crippen LogP contribution in [0.4, 0.5) is 11.8 Å². The number of benzene rings is 1. The van der Waals surface area contributed by atoms with Gasteiger partial charge in [-0.2, -0.15) is 10.2 Å². The number of rotatable bonds is 2. The summed E-state index contributed by atoms with van der Waals surface area (Å²) in [6.07, 6.45) is 0. The van der Waals surface area contributed by atoms with Gasteiger partial charge in [0.05, 0.1) is 18.4 Å². The first-order chi connectivity index (χ1) is 9.58. The van der Waals surface area contributed by atoms with Crippen LogP contribution < -0.4 is 11.5 Å². The number of esters is 1. The first-order valence-electron chi connectivity index (χ1n) is 5.59. The van der Waals surface area contributed by atoms with E-state index in [2.05, 4.69) is 9.97 Å². The van der Waals surface area contributed by atoms with Crippen molar-refractivity contribution in [3.8, 4) is 17.3 Å².